The molecule has 0 amide bonds. The van der Waals surface area contributed by atoms with E-state index < -0.39 is 17.8 Å². The number of benzene rings is 2. The number of anilines is 1. The van der Waals surface area contributed by atoms with Crippen molar-refractivity contribution in [2.24, 2.45) is 10.5 Å². The second-order valence-electron chi connectivity index (χ2n) is 7.27. The lowest BCUT2D eigenvalue weighted by Gasteiger charge is -2.36. The van der Waals surface area contributed by atoms with E-state index in [2.05, 4.69) is 5.10 Å². The molecule has 0 saturated carbocycles. The zero-order valence-corrected chi connectivity index (χ0v) is 15.8. The molecule has 3 nitrogen and oxygen atoms in total. The number of alkyl halides is 3. The van der Waals surface area contributed by atoms with Gasteiger partial charge >= 0.3 is 6.18 Å². The van der Waals surface area contributed by atoms with Gasteiger partial charge in [0.05, 0.1) is 12.3 Å². The maximum absolute atomic E-state index is 13.9. The van der Waals surface area contributed by atoms with Gasteiger partial charge in [-0.05, 0) is 44.4 Å². The molecule has 2 aromatic rings. The predicted octanol–water partition coefficient (Wildman–Crippen LogP) is 5.53. The van der Waals surface area contributed by atoms with Crippen LogP contribution in [0, 0.1) is 26.2 Å². The first kappa shape index (κ1) is 19.4. The molecule has 144 valence electrons. The summed E-state index contributed by atoms with van der Waals surface area (Å²) in [5, 5.41) is 5.51. The number of rotatable bonds is 4. The number of nitrogens with zero attached hydrogens (tertiary/aromatic N) is 2. The Morgan fingerprint density at radius 2 is 1.67 bits per heavy atom. The van der Waals surface area contributed by atoms with Crippen molar-refractivity contribution in [3.63, 3.8) is 0 Å². The van der Waals surface area contributed by atoms with E-state index in [-0.39, 0.29) is 6.61 Å². The molecule has 1 heterocycles. The summed E-state index contributed by atoms with van der Waals surface area (Å²) >= 11 is 0. The summed E-state index contributed by atoms with van der Waals surface area (Å²) in [6, 6.07) is 13.1. The summed E-state index contributed by atoms with van der Waals surface area (Å²) in [6.07, 6.45) is -4.81. The van der Waals surface area contributed by atoms with Crippen LogP contribution in [0.25, 0.3) is 0 Å². The van der Waals surface area contributed by atoms with Crippen LogP contribution in [0.2, 0.25) is 0 Å². The van der Waals surface area contributed by atoms with Crippen LogP contribution >= 0.6 is 0 Å². The van der Waals surface area contributed by atoms with Gasteiger partial charge in [-0.3, -0.25) is 0 Å². The summed E-state index contributed by atoms with van der Waals surface area (Å²) in [4.78, 5) is 0. The van der Waals surface area contributed by atoms with Crippen LogP contribution in [-0.2, 0) is 11.3 Å². The van der Waals surface area contributed by atoms with Gasteiger partial charge in [0.25, 0.3) is 0 Å². The Bertz CT molecular complexity index is 825. The Balaban J connectivity index is 1.99. The average Bonchev–Trinajstić information content (AvgIpc) is 2.91. The fraction of sp³-hybridized carbons (Fsp3) is 0.381. The Labute approximate surface area is 157 Å². The van der Waals surface area contributed by atoms with Crippen LogP contribution in [0.3, 0.4) is 0 Å². The van der Waals surface area contributed by atoms with E-state index in [0.717, 1.165) is 35.4 Å². The molecule has 0 N–H and O–H groups in total. The Morgan fingerprint density at radius 1 is 1.07 bits per heavy atom. The first-order valence-corrected chi connectivity index (χ1v) is 8.78. The van der Waals surface area contributed by atoms with Crippen molar-refractivity contribution >= 4 is 11.9 Å². The van der Waals surface area contributed by atoms with E-state index in [9.17, 15) is 13.2 Å². The molecule has 0 fully saturated rings. The maximum Gasteiger partial charge on any atom is 0.403 e. The summed E-state index contributed by atoms with van der Waals surface area (Å²) in [7, 11) is 0. The molecule has 0 spiro atoms. The quantitative estimate of drug-likeness (QED) is 0.701. The Kier molecular flexibility index (Phi) is 5.04. The first-order chi connectivity index (χ1) is 12.6. The number of hydrazone groups is 1. The second-order valence-corrected chi connectivity index (χ2v) is 7.27. The Hall–Kier alpha value is -2.34. The van der Waals surface area contributed by atoms with Crippen LogP contribution in [-0.4, -0.2) is 18.6 Å². The minimum atomic E-state index is -4.49. The van der Waals surface area contributed by atoms with Crippen molar-refractivity contribution in [2.45, 2.75) is 46.7 Å². The van der Waals surface area contributed by atoms with Gasteiger partial charge in [0.15, 0.2) is 6.23 Å². The number of aryl methyl sites for hydroxylation is 3. The van der Waals surface area contributed by atoms with Gasteiger partial charge in [0.2, 0.25) is 0 Å². The van der Waals surface area contributed by atoms with Gasteiger partial charge < -0.3 is 4.74 Å². The van der Waals surface area contributed by atoms with Crippen molar-refractivity contribution < 1.29 is 17.9 Å². The fourth-order valence-corrected chi connectivity index (χ4v) is 3.48. The summed E-state index contributed by atoms with van der Waals surface area (Å²) in [5.41, 5.74) is 2.05. The lowest BCUT2D eigenvalue weighted by molar-refractivity contribution is -0.223. The van der Waals surface area contributed by atoms with Crippen LogP contribution in [0.15, 0.2) is 47.6 Å². The van der Waals surface area contributed by atoms with Crippen LogP contribution in [0.4, 0.5) is 18.9 Å². The predicted molar refractivity (Wildman–Crippen MR) is 101 cm³/mol. The summed E-state index contributed by atoms with van der Waals surface area (Å²) in [6.45, 7) is 6.91. The van der Waals surface area contributed by atoms with Gasteiger partial charge in [-0.1, -0.05) is 48.0 Å². The molecule has 2 atom stereocenters. The van der Waals surface area contributed by atoms with E-state index in [0.29, 0.717) is 5.69 Å². The molecule has 6 heteroatoms. The average molecular weight is 376 g/mol. The second kappa shape index (κ2) is 7.00. The largest absolute Gasteiger partial charge is 0.403 e. The van der Waals surface area contributed by atoms with Crippen molar-refractivity contribution in [2.75, 3.05) is 5.01 Å². The maximum atomic E-state index is 13.9. The number of ether oxygens (including phenoxy) is 1. The van der Waals surface area contributed by atoms with Crippen LogP contribution in [0.5, 0.6) is 0 Å². The smallest absolute Gasteiger partial charge is 0.350 e. The third-order valence-corrected chi connectivity index (χ3v) is 4.91. The lowest BCUT2D eigenvalue weighted by Crippen LogP contribution is -2.50. The number of hydrogen-bond donors (Lipinski definition) is 0. The van der Waals surface area contributed by atoms with E-state index in [1.807, 2.05) is 63.2 Å². The van der Waals surface area contributed by atoms with Gasteiger partial charge in [0, 0.05) is 6.21 Å². The third kappa shape index (κ3) is 3.58. The van der Waals surface area contributed by atoms with Crippen molar-refractivity contribution in [3.05, 3.63) is 64.7 Å². The highest BCUT2D eigenvalue weighted by Crippen LogP contribution is 2.47. The summed E-state index contributed by atoms with van der Waals surface area (Å²) in [5.74, 6) is 0. The molecule has 0 bridgehead atoms. The highest BCUT2D eigenvalue weighted by Gasteiger charge is 2.61. The molecule has 0 aliphatic carbocycles. The standard InChI is InChI=1S/C21H23F3N2O/c1-14-10-15(2)18(16(3)11-14)26-19(20(4,13-25-26)21(22,23)24)27-12-17-8-6-5-7-9-17/h5-11,13,19H,12H2,1-4H3. The first-order valence-electron chi connectivity index (χ1n) is 8.78. The van der Waals surface area contributed by atoms with E-state index >= 15 is 0 Å². The van der Waals surface area contributed by atoms with Gasteiger partial charge in [-0.25, -0.2) is 5.01 Å². The lowest BCUT2D eigenvalue weighted by atomic mass is 9.89. The van der Waals surface area contributed by atoms with E-state index in [1.165, 1.54) is 5.01 Å². The highest BCUT2D eigenvalue weighted by atomic mass is 19.4. The van der Waals surface area contributed by atoms with Crippen LogP contribution < -0.4 is 5.01 Å². The van der Waals surface area contributed by atoms with Gasteiger partial charge in [-0.2, -0.15) is 18.3 Å². The SMILES string of the molecule is Cc1cc(C)c(N2N=CC(C)(C(F)(F)F)C2OCc2ccccc2)c(C)c1. The Morgan fingerprint density at radius 3 is 2.22 bits per heavy atom. The molecule has 1 aliphatic heterocycles. The van der Waals surface area contributed by atoms with Crippen LogP contribution in [0.1, 0.15) is 29.2 Å². The van der Waals surface area contributed by atoms with Crippen molar-refractivity contribution in [3.8, 4) is 0 Å². The molecular formula is C21H23F3N2O. The molecule has 0 saturated heterocycles. The topological polar surface area (TPSA) is 24.8 Å². The minimum Gasteiger partial charge on any atom is -0.350 e. The molecular weight excluding hydrogens is 353 g/mol. The molecule has 27 heavy (non-hydrogen) atoms. The summed E-state index contributed by atoms with van der Waals surface area (Å²) < 4.78 is 47.5. The van der Waals surface area contributed by atoms with Gasteiger partial charge in [0.1, 0.15) is 5.41 Å². The van der Waals surface area contributed by atoms with Gasteiger partial charge in [-0.15, -0.1) is 0 Å². The highest BCUT2D eigenvalue weighted by molar-refractivity contribution is 5.76. The molecule has 0 radical (unpaired) electrons. The fourth-order valence-electron chi connectivity index (χ4n) is 3.48. The van der Waals surface area contributed by atoms with E-state index in [1.54, 1.807) is 0 Å². The normalized spacial score (nSPS) is 22.5. The molecule has 1 aliphatic rings. The zero-order valence-electron chi connectivity index (χ0n) is 15.8. The third-order valence-electron chi connectivity index (χ3n) is 4.91. The van der Waals surface area contributed by atoms with Crippen molar-refractivity contribution in [1.29, 1.82) is 0 Å². The molecule has 0 aromatic heterocycles. The number of hydrogen-bond acceptors (Lipinski definition) is 3. The molecule has 2 aromatic carbocycles. The van der Waals surface area contributed by atoms with Crippen molar-refractivity contribution in [1.82, 2.24) is 0 Å². The molecule has 3 rings (SSSR count). The minimum absolute atomic E-state index is 0.0704. The number of halogens is 3. The van der Waals surface area contributed by atoms with E-state index in [4.69, 9.17) is 4.74 Å². The molecule has 2 unspecified atom stereocenters. The zero-order chi connectivity index (χ0) is 19.8. The monoisotopic (exact) mass is 376 g/mol.